The summed E-state index contributed by atoms with van der Waals surface area (Å²) in [6.07, 6.45) is 3.37. The Balaban J connectivity index is 1.57. The van der Waals surface area contributed by atoms with Gasteiger partial charge in [-0.05, 0) is 65.7 Å². The van der Waals surface area contributed by atoms with Crippen LogP contribution in [0.4, 0.5) is 33.6 Å². The Morgan fingerprint density at radius 2 is 1.83 bits per heavy atom. The highest BCUT2D eigenvalue weighted by molar-refractivity contribution is 7.90. The van der Waals surface area contributed by atoms with E-state index >= 15 is 0 Å². The maximum absolute atomic E-state index is 13.2. The van der Waals surface area contributed by atoms with Gasteiger partial charge in [0.1, 0.15) is 11.3 Å². The van der Waals surface area contributed by atoms with Gasteiger partial charge in [0.25, 0.3) is 0 Å². The van der Waals surface area contributed by atoms with E-state index in [1.165, 1.54) is 21.9 Å². The number of fused-ring (bicyclic) bond motifs is 1. The number of hydrogen-bond donors (Lipinski definition) is 2. The van der Waals surface area contributed by atoms with Crippen molar-refractivity contribution in [3.63, 3.8) is 0 Å². The number of ether oxygens (including phenoxy) is 1. The van der Waals surface area contributed by atoms with Crippen LogP contribution in [0, 0.1) is 5.92 Å². The molecule has 2 aliphatic heterocycles. The molecule has 42 heavy (non-hydrogen) atoms. The van der Waals surface area contributed by atoms with Gasteiger partial charge in [-0.1, -0.05) is 0 Å². The van der Waals surface area contributed by atoms with Crippen LogP contribution in [0.1, 0.15) is 47.5 Å². The zero-order chi connectivity index (χ0) is 31.0. The van der Waals surface area contributed by atoms with Gasteiger partial charge in [-0.3, -0.25) is 9.59 Å². The number of piperidine rings is 1. The largest absolute Gasteiger partial charge is 0.444 e. The number of amides is 3. The summed E-state index contributed by atoms with van der Waals surface area (Å²) in [4.78, 5) is 52.1. The zero-order valence-corrected chi connectivity index (χ0v) is 25.9. The Labute approximate surface area is 246 Å². The lowest BCUT2D eigenvalue weighted by Crippen LogP contribution is -2.47. The van der Waals surface area contributed by atoms with E-state index in [1.54, 1.807) is 40.1 Å². The number of rotatable bonds is 6. The van der Waals surface area contributed by atoms with Crippen molar-refractivity contribution >= 4 is 56.6 Å². The fourth-order valence-corrected chi connectivity index (χ4v) is 5.46. The van der Waals surface area contributed by atoms with Gasteiger partial charge in [-0.25, -0.2) is 18.2 Å². The van der Waals surface area contributed by atoms with Crippen LogP contribution in [0.3, 0.4) is 0 Å². The molecular formula is C28H39N7O6S. The second kappa shape index (κ2) is 11.7. The van der Waals surface area contributed by atoms with Crippen molar-refractivity contribution < 1.29 is 27.5 Å². The van der Waals surface area contributed by atoms with Gasteiger partial charge in [0.15, 0.2) is 15.7 Å². The summed E-state index contributed by atoms with van der Waals surface area (Å²) >= 11 is 0. The summed E-state index contributed by atoms with van der Waals surface area (Å²) in [6, 6.07) is 4.43. The predicted molar refractivity (Wildman–Crippen MR) is 160 cm³/mol. The number of benzene rings is 1. The third-order valence-electron chi connectivity index (χ3n) is 6.99. The quantitative estimate of drug-likeness (QED) is 0.503. The highest BCUT2D eigenvalue weighted by Crippen LogP contribution is 2.33. The minimum Gasteiger partial charge on any atom is -0.444 e. The van der Waals surface area contributed by atoms with E-state index in [9.17, 15) is 22.8 Å². The smallest absolute Gasteiger partial charge is 0.410 e. The standard InChI is InChI=1S/C28H39N7O6S/c1-17(2)35-16-23(36)33(6)22-14-29-26(32-24(22)35)31-20-11-19(12-21(13-20)42(7,39)40)30-25(37)18-9-8-10-34(15-18)27(38)41-28(3,4)5/h11-14,17-18H,8-10,15-16H2,1-7H3,(H,30,37)(H,29,31,32)/t18-/m1/s1. The van der Waals surface area contributed by atoms with Crippen molar-refractivity contribution in [2.45, 2.75) is 64.0 Å². The number of nitrogens with one attached hydrogen (secondary N) is 2. The average molecular weight is 602 g/mol. The van der Waals surface area contributed by atoms with Crippen molar-refractivity contribution in [2.24, 2.45) is 5.92 Å². The predicted octanol–water partition coefficient (Wildman–Crippen LogP) is 3.40. The monoisotopic (exact) mass is 601 g/mol. The van der Waals surface area contributed by atoms with Crippen LogP contribution in [0.25, 0.3) is 0 Å². The SMILES string of the molecule is CC(C)N1CC(=O)N(C)c2cnc(Nc3cc(NC(=O)[C@@H]4CCCN(C(=O)OC(C)(C)C)C4)cc(S(C)(=O)=O)c3)nc21. The van der Waals surface area contributed by atoms with Gasteiger partial charge in [0.05, 0.1) is 23.6 Å². The molecule has 13 nitrogen and oxygen atoms in total. The van der Waals surface area contributed by atoms with E-state index in [1.807, 2.05) is 18.7 Å². The first-order chi connectivity index (χ1) is 19.5. The summed E-state index contributed by atoms with van der Waals surface area (Å²) < 4.78 is 30.5. The van der Waals surface area contributed by atoms with E-state index in [0.717, 1.165) is 6.26 Å². The second-order valence-corrected chi connectivity index (χ2v) is 14.0. The molecular weight excluding hydrogens is 562 g/mol. The first-order valence-electron chi connectivity index (χ1n) is 13.8. The van der Waals surface area contributed by atoms with E-state index < -0.39 is 27.4 Å². The van der Waals surface area contributed by atoms with Gasteiger partial charge in [0.2, 0.25) is 17.8 Å². The Bertz CT molecular complexity index is 1490. The molecule has 1 saturated heterocycles. The average Bonchev–Trinajstić information content (AvgIpc) is 2.89. The maximum Gasteiger partial charge on any atom is 0.410 e. The van der Waals surface area contributed by atoms with E-state index in [-0.39, 0.29) is 47.5 Å². The highest BCUT2D eigenvalue weighted by atomic mass is 32.2. The van der Waals surface area contributed by atoms with Gasteiger partial charge >= 0.3 is 6.09 Å². The number of nitrogens with zero attached hydrogens (tertiary/aromatic N) is 5. The van der Waals surface area contributed by atoms with Gasteiger partial charge in [-0.2, -0.15) is 4.98 Å². The topological polar surface area (TPSA) is 154 Å². The van der Waals surface area contributed by atoms with Crippen molar-refractivity contribution in [3.8, 4) is 0 Å². The first-order valence-corrected chi connectivity index (χ1v) is 15.7. The number of likely N-dealkylation sites (tertiary alicyclic amines) is 1. The lowest BCUT2D eigenvalue weighted by Gasteiger charge is -2.36. The minimum absolute atomic E-state index is 0.00515. The number of hydrogen-bond acceptors (Lipinski definition) is 10. The summed E-state index contributed by atoms with van der Waals surface area (Å²) in [6.45, 7) is 10.1. The van der Waals surface area contributed by atoms with Crippen LogP contribution in [-0.2, 0) is 24.2 Å². The maximum atomic E-state index is 13.2. The highest BCUT2D eigenvalue weighted by Gasteiger charge is 2.32. The van der Waals surface area contributed by atoms with Crippen LogP contribution >= 0.6 is 0 Å². The fraction of sp³-hybridized carbons (Fsp3) is 0.536. The van der Waals surface area contributed by atoms with E-state index in [0.29, 0.717) is 36.6 Å². The number of likely N-dealkylation sites (N-methyl/N-ethyl adjacent to an activating group) is 1. The van der Waals surface area contributed by atoms with Gasteiger partial charge in [-0.15, -0.1) is 0 Å². The lowest BCUT2D eigenvalue weighted by atomic mass is 9.97. The van der Waals surface area contributed by atoms with Crippen molar-refractivity contribution in [1.29, 1.82) is 0 Å². The first kappa shape index (κ1) is 31.0. The normalized spacial score (nSPS) is 17.7. The number of carbonyl (C=O) groups is 3. The van der Waals surface area contributed by atoms with Crippen LogP contribution in [-0.4, -0.2) is 85.8 Å². The van der Waals surface area contributed by atoms with Crippen LogP contribution in [0.15, 0.2) is 29.3 Å². The summed E-state index contributed by atoms with van der Waals surface area (Å²) in [5.74, 6) is -0.121. The van der Waals surface area contributed by atoms with Crippen molar-refractivity contribution in [2.75, 3.05) is 53.4 Å². The summed E-state index contributed by atoms with van der Waals surface area (Å²) in [5.41, 5.74) is 0.538. The molecule has 1 aromatic carbocycles. The van der Waals surface area contributed by atoms with Gasteiger partial charge < -0.3 is 30.1 Å². The third kappa shape index (κ3) is 7.27. The van der Waals surface area contributed by atoms with Crippen molar-refractivity contribution in [3.05, 3.63) is 24.4 Å². The van der Waals surface area contributed by atoms with Crippen LogP contribution < -0.4 is 20.4 Å². The van der Waals surface area contributed by atoms with Gasteiger partial charge in [0, 0.05) is 43.8 Å². The molecule has 0 unspecified atom stereocenters. The summed E-state index contributed by atoms with van der Waals surface area (Å²) in [5, 5.41) is 5.88. The number of sulfone groups is 1. The molecule has 2 aliphatic rings. The molecule has 0 aliphatic carbocycles. The number of aromatic nitrogens is 2. The Kier molecular flexibility index (Phi) is 8.67. The molecule has 2 aromatic rings. The Morgan fingerprint density at radius 1 is 1.14 bits per heavy atom. The summed E-state index contributed by atoms with van der Waals surface area (Å²) in [7, 11) is -1.97. The molecule has 1 atom stereocenters. The minimum atomic E-state index is -3.64. The molecule has 228 valence electrons. The molecule has 0 radical (unpaired) electrons. The second-order valence-electron chi connectivity index (χ2n) is 12.0. The molecule has 14 heteroatoms. The van der Waals surface area contributed by atoms with E-state index in [2.05, 4.69) is 20.6 Å². The molecule has 3 amide bonds. The number of anilines is 5. The molecule has 0 saturated carbocycles. The molecule has 4 rings (SSSR count). The molecule has 0 bridgehead atoms. The molecule has 3 heterocycles. The van der Waals surface area contributed by atoms with E-state index in [4.69, 9.17) is 4.74 Å². The molecule has 1 fully saturated rings. The van der Waals surface area contributed by atoms with Crippen LogP contribution in [0.5, 0.6) is 0 Å². The zero-order valence-electron chi connectivity index (χ0n) is 25.1. The fourth-order valence-electron chi connectivity index (χ4n) is 4.78. The lowest BCUT2D eigenvalue weighted by molar-refractivity contribution is -0.121. The molecule has 0 spiro atoms. The van der Waals surface area contributed by atoms with Crippen molar-refractivity contribution in [1.82, 2.24) is 14.9 Å². The number of carbonyl (C=O) groups excluding carboxylic acids is 3. The Hall–Kier alpha value is -3.94. The Morgan fingerprint density at radius 3 is 2.48 bits per heavy atom. The molecule has 1 aromatic heterocycles. The van der Waals surface area contributed by atoms with Crippen LogP contribution in [0.2, 0.25) is 0 Å². The molecule has 2 N–H and O–H groups in total. The third-order valence-corrected chi connectivity index (χ3v) is 8.08.